The molecule has 2 aromatic carbocycles. The number of carbonyl (C=O) groups is 3. The van der Waals surface area contributed by atoms with E-state index in [2.05, 4.69) is 11.9 Å². The largest absolute Gasteiger partial charge is 0.493 e. The van der Waals surface area contributed by atoms with Crippen molar-refractivity contribution in [3.63, 3.8) is 0 Å². The number of imide groups is 1. The first kappa shape index (κ1) is 24.1. The Hall–Kier alpha value is -3.52. The molecule has 1 N–H and O–H groups in total. The first-order valence-electron chi connectivity index (χ1n) is 10.4. The third-order valence-electron chi connectivity index (χ3n) is 4.91. The fraction of sp³-hybridized carbons (Fsp3) is 0.240. The second-order valence-electron chi connectivity index (χ2n) is 7.27. The topological polar surface area (TPSA) is 84.9 Å². The van der Waals surface area contributed by atoms with Crippen molar-refractivity contribution >= 4 is 40.6 Å². The molecule has 1 fully saturated rings. The van der Waals surface area contributed by atoms with Gasteiger partial charge in [-0.3, -0.25) is 19.3 Å². The van der Waals surface area contributed by atoms with Crippen LogP contribution in [0.2, 0.25) is 0 Å². The number of hydrogen-bond donors (Lipinski definition) is 1. The Morgan fingerprint density at radius 2 is 2.00 bits per heavy atom. The van der Waals surface area contributed by atoms with Gasteiger partial charge in [-0.25, -0.2) is 0 Å². The van der Waals surface area contributed by atoms with Gasteiger partial charge in [-0.2, -0.15) is 0 Å². The van der Waals surface area contributed by atoms with Gasteiger partial charge in [0.1, 0.15) is 6.54 Å². The summed E-state index contributed by atoms with van der Waals surface area (Å²) < 4.78 is 11.2. The predicted molar refractivity (Wildman–Crippen MR) is 131 cm³/mol. The molecule has 7 nitrogen and oxygen atoms in total. The van der Waals surface area contributed by atoms with Gasteiger partial charge in [0.25, 0.3) is 11.1 Å². The molecule has 2 aromatic rings. The number of rotatable bonds is 9. The molecule has 1 saturated heterocycles. The zero-order valence-corrected chi connectivity index (χ0v) is 19.7. The zero-order chi connectivity index (χ0) is 24.0. The van der Waals surface area contributed by atoms with Gasteiger partial charge in [0.15, 0.2) is 11.5 Å². The lowest BCUT2D eigenvalue weighted by atomic mass is 10.0. The number of thioether (sulfide) groups is 1. The Kier molecular flexibility index (Phi) is 7.95. The van der Waals surface area contributed by atoms with Gasteiger partial charge >= 0.3 is 0 Å². The Morgan fingerprint density at radius 1 is 1.24 bits per heavy atom. The minimum absolute atomic E-state index is 0.237. The molecular weight excluding hydrogens is 440 g/mol. The maximum absolute atomic E-state index is 12.9. The second-order valence-corrected chi connectivity index (χ2v) is 8.26. The van der Waals surface area contributed by atoms with Crippen LogP contribution in [-0.4, -0.2) is 42.2 Å². The van der Waals surface area contributed by atoms with Crippen LogP contribution in [0.1, 0.15) is 23.6 Å². The monoisotopic (exact) mass is 466 g/mol. The van der Waals surface area contributed by atoms with E-state index in [9.17, 15) is 14.4 Å². The summed E-state index contributed by atoms with van der Waals surface area (Å²) >= 11 is 0.803. The Morgan fingerprint density at radius 3 is 2.67 bits per heavy atom. The number of amides is 3. The number of aryl methyl sites for hydroxylation is 1. The number of ether oxygens (including phenoxy) is 2. The normalized spacial score (nSPS) is 14.5. The molecule has 0 aliphatic carbocycles. The summed E-state index contributed by atoms with van der Waals surface area (Å²) in [6.07, 6.45) is 3.92. The lowest BCUT2D eigenvalue weighted by molar-refractivity contribution is -0.127. The highest BCUT2D eigenvalue weighted by Crippen LogP contribution is 2.37. The summed E-state index contributed by atoms with van der Waals surface area (Å²) in [5.41, 5.74) is 3.06. The maximum atomic E-state index is 12.9. The quantitative estimate of drug-likeness (QED) is 0.422. The minimum Gasteiger partial charge on any atom is -0.493 e. The number of nitrogens with one attached hydrogen (secondary N) is 1. The van der Waals surface area contributed by atoms with Gasteiger partial charge in [-0.05, 0) is 67.4 Å². The molecular formula is C25H26N2O5S. The summed E-state index contributed by atoms with van der Waals surface area (Å²) in [6.45, 7) is 7.60. The van der Waals surface area contributed by atoms with Gasteiger partial charge in [-0.1, -0.05) is 24.3 Å². The van der Waals surface area contributed by atoms with E-state index in [1.54, 1.807) is 37.5 Å². The molecule has 1 aliphatic heterocycles. The molecule has 1 aliphatic rings. The van der Waals surface area contributed by atoms with Crippen molar-refractivity contribution in [1.82, 2.24) is 4.90 Å². The molecule has 0 atom stereocenters. The standard InChI is InChI=1S/C25H26N2O5S/c1-5-9-18-12-17(13-20(32-6-2)23(18)31-4)14-21-24(29)27(25(30)33-21)15-22(28)26-19-11-8-7-10-16(19)3/h5,7-8,10-14H,1,6,9,15H2,2-4H3,(H,26,28)/b21-14+. The molecule has 3 rings (SSSR count). The number of carbonyl (C=O) groups excluding carboxylic acids is 3. The van der Waals surface area contributed by atoms with Gasteiger partial charge in [0.2, 0.25) is 5.91 Å². The Balaban J connectivity index is 1.82. The molecule has 0 spiro atoms. The van der Waals surface area contributed by atoms with E-state index in [0.717, 1.165) is 27.8 Å². The molecule has 0 aromatic heterocycles. The van der Waals surface area contributed by atoms with Crippen molar-refractivity contribution in [2.45, 2.75) is 20.3 Å². The van der Waals surface area contributed by atoms with Crippen LogP contribution < -0.4 is 14.8 Å². The second kappa shape index (κ2) is 10.9. The highest BCUT2D eigenvalue weighted by molar-refractivity contribution is 8.18. The third-order valence-corrected chi connectivity index (χ3v) is 5.82. The number of para-hydroxylation sites is 1. The lowest BCUT2D eigenvalue weighted by Crippen LogP contribution is -2.36. The number of hydrogen-bond acceptors (Lipinski definition) is 6. The van der Waals surface area contributed by atoms with Crippen LogP contribution in [0.4, 0.5) is 10.5 Å². The minimum atomic E-state index is -0.510. The highest BCUT2D eigenvalue weighted by Gasteiger charge is 2.36. The Bertz CT molecular complexity index is 1130. The van der Waals surface area contributed by atoms with E-state index >= 15 is 0 Å². The summed E-state index contributed by atoms with van der Waals surface area (Å²) in [7, 11) is 1.57. The van der Waals surface area contributed by atoms with Crippen molar-refractivity contribution in [2.75, 3.05) is 25.6 Å². The molecule has 0 radical (unpaired) electrons. The predicted octanol–water partition coefficient (Wildman–Crippen LogP) is 4.81. The fourth-order valence-corrected chi connectivity index (χ4v) is 4.24. The van der Waals surface area contributed by atoms with Gasteiger partial charge < -0.3 is 14.8 Å². The van der Waals surface area contributed by atoms with Crippen LogP contribution in [0.25, 0.3) is 6.08 Å². The van der Waals surface area contributed by atoms with E-state index in [4.69, 9.17) is 9.47 Å². The summed E-state index contributed by atoms with van der Waals surface area (Å²) in [5, 5.41) is 2.26. The van der Waals surface area contributed by atoms with Crippen LogP contribution in [0.3, 0.4) is 0 Å². The van der Waals surface area contributed by atoms with Crippen molar-refractivity contribution in [2.24, 2.45) is 0 Å². The SMILES string of the molecule is C=CCc1cc(/C=C2/SC(=O)N(CC(=O)Nc3ccccc3C)C2=O)cc(OCC)c1OC. The Labute approximate surface area is 197 Å². The lowest BCUT2D eigenvalue weighted by Gasteiger charge is -2.15. The van der Waals surface area contributed by atoms with Crippen LogP contribution >= 0.6 is 11.8 Å². The number of anilines is 1. The van der Waals surface area contributed by atoms with Gasteiger partial charge in [0, 0.05) is 11.3 Å². The third kappa shape index (κ3) is 5.64. The van der Waals surface area contributed by atoms with Gasteiger partial charge in [-0.15, -0.1) is 6.58 Å². The number of allylic oxidation sites excluding steroid dienone is 1. The van der Waals surface area contributed by atoms with Crippen molar-refractivity contribution in [3.05, 3.63) is 70.6 Å². The molecule has 0 saturated carbocycles. The first-order chi connectivity index (χ1) is 15.9. The maximum Gasteiger partial charge on any atom is 0.294 e. The van der Waals surface area contributed by atoms with E-state index < -0.39 is 17.1 Å². The average molecular weight is 467 g/mol. The highest BCUT2D eigenvalue weighted by atomic mass is 32.2. The van der Waals surface area contributed by atoms with E-state index in [-0.39, 0.29) is 11.4 Å². The van der Waals surface area contributed by atoms with Crippen LogP contribution in [0, 0.1) is 6.92 Å². The summed E-state index contributed by atoms with van der Waals surface area (Å²) in [5.74, 6) is 0.200. The molecule has 33 heavy (non-hydrogen) atoms. The van der Waals surface area contributed by atoms with Crippen LogP contribution in [-0.2, 0) is 16.0 Å². The molecule has 1 heterocycles. The number of methoxy groups -OCH3 is 1. The molecule has 8 heteroatoms. The molecule has 3 amide bonds. The molecule has 172 valence electrons. The molecule has 0 bridgehead atoms. The van der Waals surface area contributed by atoms with Crippen molar-refractivity contribution < 1.29 is 23.9 Å². The van der Waals surface area contributed by atoms with Crippen LogP contribution in [0.15, 0.2) is 54.0 Å². The molecule has 0 unspecified atom stereocenters. The first-order valence-corrected chi connectivity index (χ1v) is 11.2. The fourth-order valence-electron chi connectivity index (χ4n) is 3.40. The zero-order valence-electron chi connectivity index (χ0n) is 18.8. The smallest absolute Gasteiger partial charge is 0.294 e. The van der Waals surface area contributed by atoms with Gasteiger partial charge in [0.05, 0.1) is 18.6 Å². The van der Waals surface area contributed by atoms with Crippen molar-refractivity contribution in [3.8, 4) is 11.5 Å². The van der Waals surface area contributed by atoms with E-state index in [0.29, 0.717) is 35.8 Å². The summed E-state index contributed by atoms with van der Waals surface area (Å²) in [6, 6.07) is 10.9. The van der Waals surface area contributed by atoms with Crippen LogP contribution in [0.5, 0.6) is 11.5 Å². The van der Waals surface area contributed by atoms with E-state index in [1.807, 2.05) is 32.0 Å². The number of nitrogens with zero attached hydrogens (tertiary/aromatic N) is 1. The summed E-state index contributed by atoms with van der Waals surface area (Å²) in [4.78, 5) is 39.0. The average Bonchev–Trinajstić information content (AvgIpc) is 3.03. The number of benzene rings is 2. The van der Waals surface area contributed by atoms with Crippen molar-refractivity contribution in [1.29, 1.82) is 0 Å². The van der Waals surface area contributed by atoms with E-state index in [1.165, 1.54) is 0 Å².